The molecule has 6 nitrogen and oxygen atoms in total. The highest BCUT2D eigenvalue weighted by atomic mass is 79.9. The highest BCUT2D eigenvalue weighted by Crippen LogP contribution is 2.05. The summed E-state index contributed by atoms with van der Waals surface area (Å²) in [5, 5.41) is 9.42. The molecule has 1 N–H and O–H groups in total. The lowest BCUT2D eigenvalue weighted by molar-refractivity contribution is 0.407. The van der Waals surface area contributed by atoms with Crippen molar-refractivity contribution in [3.8, 4) is 0 Å². The lowest BCUT2D eigenvalue weighted by Gasteiger charge is -2.21. The molecule has 1 heterocycles. The minimum atomic E-state index is 0.638. The van der Waals surface area contributed by atoms with E-state index in [-0.39, 0.29) is 0 Å². The third-order valence-corrected chi connectivity index (χ3v) is 3.07. The van der Waals surface area contributed by atoms with Crippen molar-refractivity contribution >= 4 is 28.0 Å². The van der Waals surface area contributed by atoms with Crippen molar-refractivity contribution in [3.63, 3.8) is 0 Å². The Hall–Kier alpha value is -2.15. The third kappa shape index (κ3) is 7.10. The van der Waals surface area contributed by atoms with Crippen LogP contribution in [0.1, 0.15) is 5.56 Å². The first-order valence-corrected chi connectivity index (χ1v) is 7.84. The predicted molar refractivity (Wildman–Crippen MR) is 101 cm³/mol. The number of pyridine rings is 1. The Morgan fingerprint density at radius 1 is 1.43 bits per heavy atom. The Balaban J connectivity index is 2.95. The van der Waals surface area contributed by atoms with Crippen molar-refractivity contribution < 1.29 is 0 Å². The van der Waals surface area contributed by atoms with Gasteiger partial charge in [0.2, 0.25) is 0 Å². The second-order valence-electron chi connectivity index (χ2n) is 4.94. The van der Waals surface area contributed by atoms with Crippen LogP contribution in [0.5, 0.6) is 0 Å². The zero-order chi connectivity index (χ0) is 17.2. The number of nitrogens with one attached hydrogen (secondary N) is 1. The minimum absolute atomic E-state index is 0.638. The van der Waals surface area contributed by atoms with Crippen LogP contribution in [0.25, 0.3) is 0 Å². The molecule has 0 unspecified atom stereocenters. The molecule has 0 aliphatic heterocycles. The molecule has 0 bridgehead atoms. The maximum atomic E-state index is 4.32. The van der Waals surface area contributed by atoms with E-state index in [0.29, 0.717) is 11.0 Å². The summed E-state index contributed by atoms with van der Waals surface area (Å²) in [6.07, 6.45) is 7.16. The van der Waals surface area contributed by atoms with Crippen LogP contribution >= 0.6 is 15.9 Å². The molecule has 7 heteroatoms. The molecule has 0 atom stereocenters. The number of allylic oxidation sites excluding steroid dienone is 1. The summed E-state index contributed by atoms with van der Waals surface area (Å²) >= 11 is 3.26. The van der Waals surface area contributed by atoms with Gasteiger partial charge < -0.3 is 10.2 Å². The van der Waals surface area contributed by atoms with E-state index in [0.717, 1.165) is 17.2 Å². The Morgan fingerprint density at radius 3 is 2.70 bits per heavy atom. The normalized spacial score (nSPS) is 12.4. The fraction of sp³-hybridized carbons (Fsp3) is 0.312. The van der Waals surface area contributed by atoms with Crippen molar-refractivity contribution in [2.24, 2.45) is 10.1 Å². The molecule has 0 aliphatic carbocycles. The molecule has 0 amide bonds. The standard InChI is InChI=1S/C16H23BrN6/c1-13(17)10-21-23(5)16(9-15(18-2)22(3)4)20-12-14-7-6-8-19-11-14/h6-11,20H,1,12H2,2-5H3/b16-9-,18-15+,21-10-. The number of hydrogen-bond donors (Lipinski definition) is 1. The zero-order valence-electron chi connectivity index (χ0n) is 14.0. The van der Waals surface area contributed by atoms with Crippen LogP contribution in [0.4, 0.5) is 0 Å². The summed E-state index contributed by atoms with van der Waals surface area (Å²) in [7, 11) is 7.51. The average Bonchev–Trinajstić information content (AvgIpc) is 2.53. The van der Waals surface area contributed by atoms with E-state index in [4.69, 9.17) is 0 Å². The van der Waals surface area contributed by atoms with Crippen LogP contribution in [0.15, 0.2) is 57.6 Å². The second kappa shape index (κ2) is 9.78. The summed E-state index contributed by atoms with van der Waals surface area (Å²) in [5.74, 6) is 1.64. The molecular formula is C16H23BrN6. The highest BCUT2D eigenvalue weighted by molar-refractivity contribution is 9.12. The number of rotatable bonds is 7. The van der Waals surface area contributed by atoms with Gasteiger partial charge in [0, 0.05) is 57.7 Å². The van der Waals surface area contributed by atoms with E-state index < -0.39 is 0 Å². The molecule has 0 aliphatic rings. The van der Waals surface area contributed by atoms with Crippen molar-refractivity contribution in [1.29, 1.82) is 0 Å². The molecule has 0 radical (unpaired) electrons. The lowest BCUT2D eigenvalue weighted by atomic mass is 10.3. The highest BCUT2D eigenvalue weighted by Gasteiger charge is 2.07. The molecule has 1 aromatic rings. The van der Waals surface area contributed by atoms with Gasteiger partial charge in [0.05, 0.1) is 6.21 Å². The van der Waals surface area contributed by atoms with E-state index in [9.17, 15) is 0 Å². The second-order valence-corrected chi connectivity index (χ2v) is 5.95. The van der Waals surface area contributed by atoms with E-state index in [1.165, 1.54) is 0 Å². The first-order chi connectivity index (χ1) is 10.9. The predicted octanol–water partition coefficient (Wildman–Crippen LogP) is 2.43. The van der Waals surface area contributed by atoms with Gasteiger partial charge in [-0.3, -0.25) is 15.0 Å². The first-order valence-electron chi connectivity index (χ1n) is 7.04. The number of hydrazone groups is 1. The third-order valence-electron chi connectivity index (χ3n) is 2.87. The van der Waals surface area contributed by atoms with Gasteiger partial charge in [0.1, 0.15) is 11.7 Å². The fourth-order valence-corrected chi connectivity index (χ4v) is 1.77. The smallest absolute Gasteiger partial charge is 0.126 e. The van der Waals surface area contributed by atoms with Crippen molar-refractivity contribution in [1.82, 2.24) is 20.2 Å². The number of likely N-dealkylation sites (N-methyl/N-ethyl adjacent to an activating group) is 1. The van der Waals surface area contributed by atoms with Crippen LogP contribution in [-0.4, -0.2) is 55.1 Å². The number of hydrogen-bond acceptors (Lipinski definition) is 5. The molecule has 0 aromatic carbocycles. The van der Waals surface area contributed by atoms with Gasteiger partial charge in [-0.25, -0.2) is 0 Å². The van der Waals surface area contributed by atoms with E-state index in [1.807, 2.05) is 50.4 Å². The minimum Gasteiger partial charge on any atom is -0.366 e. The summed E-state index contributed by atoms with van der Waals surface area (Å²) in [5.41, 5.74) is 1.08. The maximum absolute atomic E-state index is 4.32. The monoisotopic (exact) mass is 378 g/mol. The Bertz CT molecular complexity index is 592. The van der Waals surface area contributed by atoms with Gasteiger partial charge in [-0.05, 0) is 27.6 Å². The van der Waals surface area contributed by atoms with Crippen molar-refractivity contribution in [2.75, 3.05) is 28.2 Å². The Morgan fingerprint density at radius 2 is 2.17 bits per heavy atom. The molecule has 0 saturated carbocycles. The molecule has 0 fully saturated rings. The van der Waals surface area contributed by atoms with Crippen molar-refractivity contribution in [2.45, 2.75) is 6.54 Å². The Kier molecular flexibility index (Phi) is 8.04. The topological polar surface area (TPSA) is 56.1 Å². The number of amidine groups is 1. The largest absolute Gasteiger partial charge is 0.366 e. The van der Waals surface area contributed by atoms with Gasteiger partial charge in [-0.15, -0.1) is 0 Å². The molecule has 0 spiro atoms. The SMILES string of the molecule is C=C(Br)/C=N\N(C)/C(=C\C(=N/C)N(C)C)NCc1cccnc1. The first kappa shape index (κ1) is 18.9. The van der Waals surface area contributed by atoms with Crippen LogP contribution < -0.4 is 5.32 Å². The van der Waals surface area contributed by atoms with E-state index >= 15 is 0 Å². The van der Waals surface area contributed by atoms with Gasteiger partial charge >= 0.3 is 0 Å². The average molecular weight is 379 g/mol. The number of aromatic nitrogens is 1. The zero-order valence-corrected chi connectivity index (χ0v) is 15.6. The van der Waals surface area contributed by atoms with E-state index in [2.05, 4.69) is 42.9 Å². The summed E-state index contributed by atoms with van der Waals surface area (Å²) in [4.78, 5) is 10.3. The number of nitrogens with zero attached hydrogens (tertiary/aromatic N) is 5. The summed E-state index contributed by atoms with van der Waals surface area (Å²) < 4.78 is 0.702. The molecule has 0 saturated heterocycles. The maximum Gasteiger partial charge on any atom is 0.126 e. The summed E-state index contributed by atoms with van der Waals surface area (Å²) in [6.45, 7) is 4.38. The fourth-order valence-electron chi connectivity index (χ4n) is 1.68. The Labute approximate surface area is 146 Å². The molecule has 124 valence electrons. The quantitative estimate of drug-likeness (QED) is 0.449. The van der Waals surface area contributed by atoms with Crippen LogP contribution in [0.3, 0.4) is 0 Å². The van der Waals surface area contributed by atoms with Gasteiger partial charge in [-0.1, -0.05) is 12.6 Å². The van der Waals surface area contributed by atoms with E-state index in [1.54, 1.807) is 24.5 Å². The lowest BCUT2D eigenvalue weighted by Crippen LogP contribution is -2.29. The molecule has 23 heavy (non-hydrogen) atoms. The number of halogens is 1. The van der Waals surface area contributed by atoms with Crippen LogP contribution in [0.2, 0.25) is 0 Å². The van der Waals surface area contributed by atoms with Crippen molar-refractivity contribution in [3.05, 3.63) is 53.0 Å². The number of aliphatic imine (C=N–C) groups is 1. The van der Waals surface area contributed by atoms with Crippen LogP contribution in [0, 0.1) is 0 Å². The van der Waals surface area contributed by atoms with Gasteiger partial charge in [0.15, 0.2) is 0 Å². The molecule has 1 rings (SSSR count). The molecule has 1 aromatic heterocycles. The van der Waals surface area contributed by atoms with Crippen LogP contribution in [-0.2, 0) is 6.54 Å². The molecular weight excluding hydrogens is 356 g/mol. The summed E-state index contributed by atoms with van der Waals surface area (Å²) in [6, 6.07) is 3.93. The van der Waals surface area contributed by atoms with Gasteiger partial charge in [-0.2, -0.15) is 5.10 Å². The van der Waals surface area contributed by atoms with Gasteiger partial charge in [0.25, 0.3) is 0 Å².